The lowest BCUT2D eigenvalue weighted by Crippen LogP contribution is -3.00. The molecule has 3 rings (SSSR count). The number of hydrogen-bond acceptors (Lipinski definition) is 2. The van der Waals surface area contributed by atoms with E-state index in [1.54, 1.807) is 16.8 Å². The van der Waals surface area contributed by atoms with Crippen LogP contribution in [0.4, 0.5) is 17.6 Å². The fraction of sp³-hybridized carbons (Fsp3) is 0.188. The summed E-state index contributed by atoms with van der Waals surface area (Å²) < 4.78 is 56.1. The molecule has 3 nitrogen and oxygen atoms in total. The van der Waals surface area contributed by atoms with E-state index in [0.717, 1.165) is 0 Å². The fourth-order valence-electron chi connectivity index (χ4n) is 2.59. The van der Waals surface area contributed by atoms with Crippen molar-refractivity contribution in [2.45, 2.75) is 12.9 Å². The summed E-state index contributed by atoms with van der Waals surface area (Å²) in [7, 11) is 0. The number of ether oxygens (including phenoxy) is 1. The third-order valence-corrected chi connectivity index (χ3v) is 3.45. The van der Waals surface area contributed by atoms with Gasteiger partial charge >= 0.3 is 6.36 Å². The van der Waals surface area contributed by atoms with Gasteiger partial charge in [-0.2, -0.15) is 4.57 Å². The minimum Gasteiger partial charge on any atom is -1.00 e. The quantitative estimate of drug-likeness (QED) is 0.386. The maximum atomic E-state index is 13.6. The molecular weight excluding hydrogens is 394 g/mol. The zero-order chi connectivity index (χ0) is 16.6. The average molecular weight is 406 g/mol. The van der Waals surface area contributed by atoms with Gasteiger partial charge in [-0.25, -0.2) is 4.39 Å². The van der Waals surface area contributed by atoms with Crippen molar-refractivity contribution in [2.24, 2.45) is 0 Å². The normalized spacial score (nSPS) is 11.5. The van der Waals surface area contributed by atoms with E-state index in [-0.39, 0.29) is 35.9 Å². The van der Waals surface area contributed by atoms with Crippen molar-refractivity contribution in [2.75, 3.05) is 6.61 Å². The maximum Gasteiger partial charge on any atom is 0.573 e. The van der Waals surface area contributed by atoms with Gasteiger partial charge in [0.2, 0.25) is 5.52 Å². The Bertz CT molecular complexity index is 883. The number of hydrogen-bond donors (Lipinski definition) is 1. The molecule has 0 spiro atoms. The molecule has 0 unspecified atom stereocenters. The van der Waals surface area contributed by atoms with Gasteiger partial charge in [0.05, 0.1) is 10.8 Å². The van der Waals surface area contributed by atoms with E-state index in [4.69, 9.17) is 5.11 Å². The maximum absolute atomic E-state index is 13.6. The number of aliphatic hydroxyl groups is 1. The van der Waals surface area contributed by atoms with E-state index in [9.17, 15) is 17.6 Å². The monoisotopic (exact) mass is 405 g/mol. The van der Waals surface area contributed by atoms with Crippen LogP contribution >= 0.6 is 0 Å². The van der Waals surface area contributed by atoms with Crippen LogP contribution in [0.3, 0.4) is 0 Å². The van der Waals surface area contributed by atoms with Gasteiger partial charge in [-0.3, -0.25) is 0 Å². The molecule has 0 saturated carbocycles. The number of fused-ring (bicyclic) bond motifs is 3. The fourth-order valence-corrected chi connectivity index (χ4v) is 2.59. The van der Waals surface area contributed by atoms with Crippen molar-refractivity contribution < 1.29 is 49.0 Å². The van der Waals surface area contributed by atoms with Crippen molar-refractivity contribution in [1.82, 2.24) is 0 Å². The molecule has 0 atom stereocenters. The first kappa shape index (κ1) is 18.4. The van der Waals surface area contributed by atoms with Crippen molar-refractivity contribution in [3.05, 3.63) is 48.4 Å². The molecular formula is C16H12BrF4NO2. The van der Waals surface area contributed by atoms with Crippen molar-refractivity contribution >= 4 is 21.7 Å². The van der Waals surface area contributed by atoms with Crippen LogP contribution in [0.5, 0.6) is 5.75 Å². The summed E-state index contributed by atoms with van der Waals surface area (Å²) in [6.07, 6.45) is -3.17. The minimum atomic E-state index is -4.78. The molecule has 3 aromatic rings. The molecule has 0 fully saturated rings. The number of pyridine rings is 1. The van der Waals surface area contributed by atoms with Gasteiger partial charge in [-0.15, -0.1) is 13.2 Å². The van der Waals surface area contributed by atoms with Crippen molar-refractivity contribution in [1.29, 1.82) is 0 Å². The van der Waals surface area contributed by atoms with Crippen LogP contribution in [0.15, 0.2) is 42.6 Å². The summed E-state index contributed by atoms with van der Waals surface area (Å²) in [6.45, 7) is 0.0871. The van der Waals surface area contributed by atoms with Gasteiger partial charge in [0.25, 0.3) is 0 Å². The van der Waals surface area contributed by atoms with Crippen LogP contribution < -0.4 is 26.3 Å². The molecule has 0 saturated heterocycles. The van der Waals surface area contributed by atoms with E-state index in [1.807, 2.05) is 0 Å². The molecule has 2 aromatic carbocycles. The van der Waals surface area contributed by atoms with Gasteiger partial charge in [-0.05, 0) is 30.3 Å². The Labute approximate surface area is 144 Å². The van der Waals surface area contributed by atoms with Crippen molar-refractivity contribution in [3.63, 3.8) is 0 Å². The molecule has 0 amide bonds. The number of aromatic nitrogens is 1. The number of alkyl halides is 3. The highest BCUT2D eigenvalue weighted by molar-refractivity contribution is 6.04. The highest BCUT2D eigenvalue weighted by atomic mass is 79.9. The average Bonchev–Trinajstić information content (AvgIpc) is 2.45. The lowest BCUT2D eigenvalue weighted by molar-refractivity contribution is -0.671. The zero-order valence-electron chi connectivity index (χ0n) is 12.1. The van der Waals surface area contributed by atoms with Crippen LogP contribution in [0.25, 0.3) is 21.7 Å². The summed E-state index contributed by atoms with van der Waals surface area (Å²) in [5.74, 6) is -0.799. The van der Waals surface area contributed by atoms with E-state index in [0.29, 0.717) is 21.7 Å². The molecule has 128 valence electrons. The summed E-state index contributed by atoms with van der Waals surface area (Å²) in [5.41, 5.74) is 0.678. The highest BCUT2D eigenvalue weighted by Gasteiger charge is 2.31. The van der Waals surface area contributed by atoms with Gasteiger partial charge in [-0.1, -0.05) is 0 Å². The van der Waals surface area contributed by atoms with Gasteiger partial charge in [0, 0.05) is 11.5 Å². The van der Waals surface area contributed by atoms with E-state index in [1.165, 1.54) is 30.3 Å². The standard InChI is InChI=1S/C16H12F4NO2.BrH/c17-11-1-4-15-14(8-11)13-3-2-12(23-16(18,19)20)7-10(13)9-21(15)5-6-22;/h1-4,7-9,22H,5-6H2;1H/q+1;/p-1. The van der Waals surface area contributed by atoms with E-state index >= 15 is 0 Å². The van der Waals surface area contributed by atoms with E-state index in [2.05, 4.69) is 4.74 Å². The van der Waals surface area contributed by atoms with Crippen LogP contribution in [0, 0.1) is 5.82 Å². The molecule has 0 bridgehead atoms. The predicted octanol–water partition coefficient (Wildman–Crippen LogP) is 0.315. The first-order valence-electron chi connectivity index (χ1n) is 6.79. The largest absolute Gasteiger partial charge is 1.00 e. The number of rotatable bonds is 3. The summed E-state index contributed by atoms with van der Waals surface area (Å²) in [6, 6.07) is 8.07. The Kier molecular flexibility index (Phi) is 5.29. The smallest absolute Gasteiger partial charge is 0.573 e. The molecule has 0 radical (unpaired) electrons. The van der Waals surface area contributed by atoms with Gasteiger partial charge < -0.3 is 26.8 Å². The number of nitrogens with zero attached hydrogens (tertiary/aromatic N) is 1. The molecule has 24 heavy (non-hydrogen) atoms. The van der Waals surface area contributed by atoms with Crippen LogP contribution in [-0.4, -0.2) is 18.1 Å². The minimum absolute atomic E-state index is 0. The first-order chi connectivity index (χ1) is 10.9. The number of aliphatic hydroxyl groups excluding tert-OH is 1. The summed E-state index contributed by atoms with van der Waals surface area (Å²) in [4.78, 5) is 0. The third-order valence-electron chi connectivity index (χ3n) is 3.45. The Morgan fingerprint density at radius 1 is 1.04 bits per heavy atom. The number of halogens is 5. The Hall–Kier alpha value is -1.93. The lowest BCUT2D eigenvalue weighted by atomic mass is 10.1. The predicted molar refractivity (Wildman–Crippen MR) is 75.4 cm³/mol. The molecule has 1 heterocycles. The molecule has 0 aliphatic carbocycles. The SMILES string of the molecule is OCC[n+]1cc2cc(OC(F)(F)F)ccc2c2cc(F)ccc21.[Br-]. The third kappa shape index (κ3) is 3.76. The molecule has 1 aromatic heterocycles. The molecule has 8 heteroatoms. The Morgan fingerprint density at radius 2 is 1.79 bits per heavy atom. The second kappa shape index (κ2) is 6.90. The Balaban J connectivity index is 0.00000208. The molecule has 0 aliphatic rings. The zero-order valence-corrected chi connectivity index (χ0v) is 13.7. The Morgan fingerprint density at radius 3 is 2.46 bits per heavy atom. The lowest BCUT2D eigenvalue weighted by Gasteiger charge is -2.10. The van der Waals surface area contributed by atoms with E-state index < -0.39 is 12.2 Å². The number of benzene rings is 2. The second-order valence-corrected chi connectivity index (χ2v) is 5.00. The van der Waals surface area contributed by atoms with Gasteiger partial charge in [0.15, 0.2) is 12.7 Å². The van der Waals surface area contributed by atoms with Gasteiger partial charge in [0.1, 0.15) is 18.2 Å². The topological polar surface area (TPSA) is 33.3 Å². The first-order valence-corrected chi connectivity index (χ1v) is 6.79. The molecule has 0 aliphatic heterocycles. The van der Waals surface area contributed by atoms with Crippen LogP contribution in [-0.2, 0) is 6.54 Å². The summed E-state index contributed by atoms with van der Waals surface area (Å²) >= 11 is 0. The van der Waals surface area contributed by atoms with Crippen LogP contribution in [0.1, 0.15) is 0 Å². The highest BCUT2D eigenvalue weighted by Crippen LogP contribution is 2.29. The van der Waals surface area contributed by atoms with Crippen LogP contribution in [0.2, 0.25) is 0 Å². The summed E-state index contributed by atoms with van der Waals surface area (Å²) in [5, 5.41) is 10.8. The molecule has 1 N–H and O–H groups in total. The van der Waals surface area contributed by atoms with Crippen molar-refractivity contribution in [3.8, 4) is 5.75 Å². The second-order valence-electron chi connectivity index (χ2n) is 5.00.